The molecule has 0 radical (unpaired) electrons. The fourth-order valence-electron chi connectivity index (χ4n) is 3.90. The zero-order valence-corrected chi connectivity index (χ0v) is 17.4. The maximum absolute atomic E-state index is 12.5. The molecule has 0 amide bonds. The first-order valence-electron chi connectivity index (χ1n) is 10.3. The van der Waals surface area contributed by atoms with Crippen LogP contribution in [0.1, 0.15) is 31.4 Å². The van der Waals surface area contributed by atoms with E-state index in [4.69, 9.17) is 9.72 Å². The highest BCUT2D eigenvalue weighted by Gasteiger charge is 2.17. The fraction of sp³-hybridized carbons (Fsp3) is 0.250. The number of hydrogen-bond donors (Lipinski definition) is 1. The molecule has 2 heterocycles. The van der Waals surface area contributed by atoms with E-state index in [9.17, 15) is 4.79 Å². The van der Waals surface area contributed by atoms with Crippen LogP contribution in [0.15, 0.2) is 81.4 Å². The van der Waals surface area contributed by atoms with Crippen LogP contribution >= 0.6 is 11.8 Å². The van der Waals surface area contributed by atoms with Crippen LogP contribution in [-0.2, 0) is 11.3 Å². The summed E-state index contributed by atoms with van der Waals surface area (Å²) in [5.74, 6) is 0. The summed E-state index contributed by atoms with van der Waals surface area (Å²) in [5.41, 5.74) is 3.13. The molecule has 5 rings (SSSR count). The number of benzene rings is 2. The largest absolute Gasteiger partial charge is 0.372 e. The van der Waals surface area contributed by atoms with Crippen molar-refractivity contribution in [3.05, 3.63) is 82.9 Å². The first-order chi connectivity index (χ1) is 14.8. The van der Waals surface area contributed by atoms with Crippen LogP contribution in [0.25, 0.3) is 16.8 Å². The minimum atomic E-state index is -0.118. The second kappa shape index (κ2) is 8.50. The third kappa shape index (κ3) is 4.06. The molecular formula is C24H23N3O2S. The van der Waals surface area contributed by atoms with Crippen LogP contribution in [0.2, 0.25) is 0 Å². The van der Waals surface area contributed by atoms with E-state index in [1.807, 2.05) is 24.4 Å². The highest BCUT2D eigenvalue weighted by molar-refractivity contribution is 7.99. The van der Waals surface area contributed by atoms with Crippen molar-refractivity contribution < 1.29 is 4.74 Å². The molecule has 1 N–H and O–H groups in total. The average molecular weight is 418 g/mol. The second-order valence-corrected chi connectivity index (χ2v) is 8.74. The molecule has 1 saturated carbocycles. The smallest absolute Gasteiger partial charge is 0.272 e. The molecule has 0 saturated heterocycles. The van der Waals surface area contributed by atoms with Crippen molar-refractivity contribution in [2.75, 3.05) is 0 Å². The van der Waals surface area contributed by atoms with E-state index in [1.54, 1.807) is 17.8 Å². The molecule has 30 heavy (non-hydrogen) atoms. The standard InChI is InChI=1S/C24H23N3O2S/c28-23-14-18(16-29-19-6-4-5-7-19)26-24-22(15-25-27(23)24)17-10-12-21(13-11-17)30-20-8-2-1-3-9-20/h1-3,8-15,19,25H,4-7,16H2. The Morgan fingerprint density at radius 2 is 1.77 bits per heavy atom. The van der Waals surface area contributed by atoms with Crippen LogP contribution in [0.5, 0.6) is 0 Å². The molecular weight excluding hydrogens is 394 g/mol. The lowest BCUT2D eigenvalue weighted by atomic mass is 10.1. The SMILES string of the molecule is O=c1cc(COC2CCCC2)nc2c(-c3ccc(Sc4ccccc4)cc3)c[nH]n12. The van der Waals surface area contributed by atoms with E-state index in [0.29, 0.717) is 24.1 Å². The van der Waals surface area contributed by atoms with Gasteiger partial charge in [0.25, 0.3) is 5.56 Å². The van der Waals surface area contributed by atoms with Gasteiger partial charge in [-0.05, 0) is 42.7 Å². The quantitative estimate of drug-likeness (QED) is 0.462. The van der Waals surface area contributed by atoms with Gasteiger partial charge in [-0.2, -0.15) is 0 Å². The van der Waals surface area contributed by atoms with Gasteiger partial charge in [0.15, 0.2) is 5.65 Å². The average Bonchev–Trinajstić information content (AvgIpc) is 3.44. The van der Waals surface area contributed by atoms with Crippen molar-refractivity contribution in [2.45, 2.75) is 48.2 Å². The molecule has 1 fully saturated rings. The van der Waals surface area contributed by atoms with Gasteiger partial charge in [0.2, 0.25) is 0 Å². The Hall–Kier alpha value is -2.83. The van der Waals surface area contributed by atoms with Gasteiger partial charge in [0.1, 0.15) is 0 Å². The van der Waals surface area contributed by atoms with Crippen LogP contribution in [0, 0.1) is 0 Å². The predicted molar refractivity (Wildman–Crippen MR) is 119 cm³/mol. The number of H-pyrrole nitrogens is 1. The van der Waals surface area contributed by atoms with Gasteiger partial charge < -0.3 is 4.74 Å². The molecule has 0 aliphatic heterocycles. The highest BCUT2D eigenvalue weighted by Crippen LogP contribution is 2.30. The van der Waals surface area contributed by atoms with E-state index in [1.165, 1.54) is 27.1 Å². The Bertz CT molecular complexity index is 1190. The van der Waals surface area contributed by atoms with Crippen molar-refractivity contribution in [3.63, 3.8) is 0 Å². The Labute approximate surface area is 179 Å². The van der Waals surface area contributed by atoms with Gasteiger partial charge in [0, 0.05) is 27.6 Å². The summed E-state index contributed by atoms with van der Waals surface area (Å²) in [7, 11) is 0. The number of fused-ring (bicyclic) bond motifs is 1. The van der Waals surface area contributed by atoms with Gasteiger partial charge in [-0.1, -0.05) is 54.9 Å². The van der Waals surface area contributed by atoms with Crippen LogP contribution in [0.4, 0.5) is 0 Å². The van der Waals surface area contributed by atoms with Crippen LogP contribution in [0.3, 0.4) is 0 Å². The number of nitrogens with zero attached hydrogens (tertiary/aromatic N) is 2. The Morgan fingerprint density at radius 1 is 1.03 bits per heavy atom. The van der Waals surface area contributed by atoms with Gasteiger partial charge in [-0.3, -0.25) is 9.89 Å². The van der Waals surface area contributed by atoms with Crippen molar-refractivity contribution in [2.24, 2.45) is 0 Å². The Morgan fingerprint density at radius 3 is 2.53 bits per heavy atom. The molecule has 4 aromatic rings. The van der Waals surface area contributed by atoms with Crippen molar-refractivity contribution >= 4 is 17.4 Å². The lowest BCUT2D eigenvalue weighted by Gasteiger charge is -2.10. The first kappa shape index (κ1) is 19.2. The van der Waals surface area contributed by atoms with E-state index in [-0.39, 0.29) is 5.56 Å². The zero-order valence-electron chi connectivity index (χ0n) is 16.6. The Kier molecular flexibility index (Phi) is 5.43. The van der Waals surface area contributed by atoms with E-state index in [0.717, 1.165) is 24.0 Å². The molecule has 1 aliphatic carbocycles. The monoisotopic (exact) mass is 417 g/mol. The molecule has 0 atom stereocenters. The molecule has 1 aliphatic rings. The maximum Gasteiger partial charge on any atom is 0.272 e. The molecule has 2 aromatic heterocycles. The molecule has 2 aromatic carbocycles. The molecule has 0 spiro atoms. The molecule has 5 nitrogen and oxygen atoms in total. The molecule has 0 unspecified atom stereocenters. The zero-order chi connectivity index (χ0) is 20.3. The van der Waals surface area contributed by atoms with Crippen molar-refractivity contribution in [1.29, 1.82) is 0 Å². The molecule has 6 heteroatoms. The highest BCUT2D eigenvalue weighted by atomic mass is 32.2. The van der Waals surface area contributed by atoms with E-state index >= 15 is 0 Å². The van der Waals surface area contributed by atoms with Crippen LogP contribution in [-0.4, -0.2) is 20.7 Å². The normalized spacial score (nSPS) is 14.5. The minimum absolute atomic E-state index is 0.118. The fourth-order valence-corrected chi connectivity index (χ4v) is 4.74. The number of aromatic amines is 1. The first-order valence-corrected chi connectivity index (χ1v) is 11.1. The number of hydrogen-bond acceptors (Lipinski definition) is 4. The number of nitrogens with one attached hydrogen (secondary N) is 1. The number of aromatic nitrogens is 3. The third-order valence-corrected chi connectivity index (χ3v) is 6.48. The summed E-state index contributed by atoms with van der Waals surface area (Å²) in [4.78, 5) is 19.6. The summed E-state index contributed by atoms with van der Waals surface area (Å²) in [6, 6.07) is 20.2. The van der Waals surface area contributed by atoms with Crippen molar-refractivity contribution in [1.82, 2.24) is 14.6 Å². The van der Waals surface area contributed by atoms with Gasteiger partial charge >= 0.3 is 0 Å². The van der Waals surface area contributed by atoms with Crippen LogP contribution < -0.4 is 5.56 Å². The van der Waals surface area contributed by atoms with Gasteiger partial charge in [-0.25, -0.2) is 9.50 Å². The van der Waals surface area contributed by atoms with E-state index < -0.39 is 0 Å². The molecule has 152 valence electrons. The van der Waals surface area contributed by atoms with Gasteiger partial charge in [0.05, 0.1) is 18.4 Å². The van der Waals surface area contributed by atoms with Crippen molar-refractivity contribution in [3.8, 4) is 11.1 Å². The summed E-state index contributed by atoms with van der Waals surface area (Å²) >= 11 is 1.73. The minimum Gasteiger partial charge on any atom is -0.372 e. The van der Waals surface area contributed by atoms with E-state index in [2.05, 4.69) is 41.5 Å². The predicted octanol–water partition coefficient (Wildman–Crippen LogP) is 5.30. The topological polar surface area (TPSA) is 59.4 Å². The summed E-state index contributed by atoms with van der Waals surface area (Å²) < 4.78 is 7.45. The third-order valence-electron chi connectivity index (χ3n) is 5.46. The lowest BCUT2D eigenvalue weighted by Crippen LogP contribution is -2.17. The molecule has 0 bridgehead atoms. The maximum atomic E-state index is 12.5. The lowest BCUT2D eigenvalue weighted by molar-refractivity contribution is 0.0438. The Balaban J connectivity index is 1.40. The number of ether oxygens (including phenoxy) is 1. The summed E-state index contributed by atoms with van der Waals surface area (Å²) in [6.07, 6.45) is 6.78. The number of rotatable bonds is 6. The summed E-state index contributed by atoms with van der Waals surface area (Å²) in [5, 5.41) is 3.03. The second-order valence-electron chi connectivity index (χ2n) is 7.59. The summed E-state index contributed by atoms with van der Waals surface area (Å²) in [6.45, 7) is 0.383. The van der Waals surface area contributed by atoms with Gasteiger partial charge in [-0.15, -0.1) is 0 Å².